The second-order valence-electron chi connectivity index (χ2n) is 6.13. The van der Waals surface area contributed by atoms with Gasteiger partial charge < -0.3 is 24.8 Å². The predicted octanol–water partition coefficient (Wildman–Crippen LogP) is 2.75. The van der Waals surface area contributed by atoms with Gasteiger partial charge in [-0.3, -0.25) is 0 Å². The third-order valence-electron chi connectivity index (χ3n) is 4.03. The molecule has 3 atom stereocenters. The van der Waals surface area contributed by atoms with Gasteiger partial charge in [0.2, 0.25) is 0 Å². The Hall–Kier alpha value is -1.35. The first-order valence-electron chi connectivity index (χ1n) is 8.52. The summed E-state index contributed by atoms with van der Waals surface area (Å²) in [4.78, 5) is 0. The summed E-state index contributed by atoms with van der Waals surface area (Å²) in [7, 11) is 0. The van der Waals surface area contributed by atoms with E-state index in [9.17, 15) is 10.2 Å². The van der Waals surface area contributed by atoms with E-state index in [1.165, 1.54) is 0 Å². The molecule has 0 saturated carbocycles. The van der Waals surface area contributed by atoms with E-state index < -0.39 is 12.2 Å². The molecule has 0 radical (unpaired) electrons. The molecular weight excluding hydrogens is 447 g/mol. The van der Waals surface area contributed by atoms with Gasteiger partial charge in [-0.05, 0) is 35.4 Å². The van der Waals surface area contributed by atoms with Crippen molar-refractivity contribution >= 4 is 22.6 Å². The highest BCUT2D eigenvalue weighted by molar-refractivity contribution is 14.1. The summed E-state index contributed by atoms with van der Waals surface area (Å²) in [6.07, 6.45) is -1.32. The Morgan fingerprint density at radius 3 is 1.62 bits per heavy atom. The Kier molecular flexibility index (Phi) is 8.64. The largest absolute Gasteiger partial charge is 0.491 e. The first-order valence-corrected chi connectivity index (χ1v) is 10.0. The van der Waals surface area contributed by atoms with Crippen molar-refractivity contribution in [1.29, 1.82) is 0 Å². The van der Waals surface area contributed by atoms with Crippen molar-refractivity contribution in [3.05, 3.63) is 59.7 Å². The van der Waals surface area contributed by atoms with E-state index in [-0.39, 0.29) is 19.1 Å². The molecule has 0 saturated heterocycles. The molecule has 0 bridgehead atoms. The smallest absolute Gasteiger partial charge is 0.119 e. The lowest BCUT2D eigenvalue weighted by Gasteiger charge is -2.15. The van der Waals surface area contributed by atoms with Crippen LogP contribution < -0.4 is 9.47 Å². The zero-order valence-corrected chi connectivity index (χ0v) is 16.9. The molecule has 0 amide bonds. The topological polar surface area (TPSA) is 79.2 Å². The fraction of sp³-hybridized carbons (Fsp3) is 0.400. The highest BCUT2D eigenvalue weighted by Gasteiger charge is 2.10. The molecule has 26 heavy (non-hydrogen) atoms. The number of rotatable bonds is 10. The summed E-state index contributed by atoms with van der Waals surface area (Å²) < 4.78 is 11.6. The molecule has 2 aromatic rings. The number of alkyl halides is 1. The third kappa shape index (κ3) is 6.42. The van der Waals surface area contributed by atoms with Gasteiger partial charge in [0, 0.05) is 10.3 Å². The molecule has 0 aliphatic carbocycles. The van der Waals surface area contributed by atoms with E-state index in [0.717, 1.165) is 16.9 Å². The third-order valence-corrected chi connectivity index (χ3v) is 5.05. The molecule has 0 heterocycles. The minimum absolute atomic E-state index is 0.0686. The van der Waals surface area contributed by atoms with Gasteiger partial charge in [0.15, 0.2) is 0 Å². The lowest BCUT2D eigenvalue weighted by molar-refractivity contribution is 0.0536. The molecular formula is C20H25IO5. The van der Waals surface area contributed by atoms with Gasteiger partial charge in [-0.25, -0.2) is 0 Å². The van der Waals surface area contributed by atoms with E-state index in [4.69, 9.17) is 14.6 Å². The molecule has 0 aliphatic rings. The fourth-order valence-electron chi connectivity index (χ4n) is 2.38. The maximum atomic E-state index is 9.55. The van der Waals surface area contributed by atoms with Crippen molar-refractivity contribution in [2.24, 2.45) is 0 Å². The van der Waals surface area contributed by atoms with E-state index in [1.807, 2.05) is 48.5 Å². The summed E-state index contributed by atoms with van der Waals surface area (Å²) in [5, 5.41) is 27.7. The van der Waals surface area contributed by atoms with E-state index in [1.54, 1.807) is 0 Å². The molecule has 5 nitrogen and oxygen atoms in total. The van der Waals surface area contributed by atoms with Crippen LogP contribution in [0.5, 0.6) is 11.5 Å². The highest BCUT2D eigenvalue weighted by atomic mass is 127. The van der Waals surface area contributed by atoms with Gasteiger partial charge in [0.25, 0.3) is 0 Å². The molecule has 0 aromatic heterocycles. The number of halogens is 1. The van der Waals surface area contributed by atoms with Gasteiger partial charge in [-0.15, -0.1) is 0 Å². The minimum atomic E-state index is -0.868. The predicted molar refractivity (Wildman–Crippen MR) is 109 cm³/mol. The average molecular weight is 472 g/mol. The van der Waals surface area contributed by atoms with Crippen molar-refractivity contribution in [3.8, 4) is 11.5 Å². The van der Waals surface area contributed by atoms with Gasteiger partial charge in [0.05, 0.1) is 12.7 Å². The summed E-state index contributed by atoms with van der Waals surface area (Å²) in [5.74, 6) is 1.61. The Bertz CT molecular complexity index is 587. The number of hydrogen-bond donors (Lipinski definition) is 3. The molecule has 2 rings (SSSR count). The SMILES string of the molecule is CC(c1ccc(OCC(O)CO)cc1)c1ccc(OCC(O)CI)cc1. The standard InChI is InChI=1S/C20H25IO5/c1-14(15-2-6-19(7-3-15)25-12-17(23)10-21)16-4-8-20(9-5-16)26-13-18(24)11-22/h2-9,14,17-18,22-24H,10-13H2,1H3. The van der Waals surface area contributed by atoms with Crippen molar-refractivity contribution < 1.29 is 24.8 Å². The summed E-state index contributed by atoms with van der Waals surface area (Å²) in [6.45, 7) is 2.18. The molecule has 0 spiro atoms. The second-order valence-corrected chi connectivity index (χ2v) is 7.01. The molecule has 3 N–H and O–H groups in total. The van der Waals surface area contributed by atoms with Crippen LogP contribution in [-0.2, 0) is 0 Å². The van der Waals surface area contributed by atoms with Gasteiger partial charge in [0.1, 0.15) is 30.8 Å². The zero-order chi connectivity index (χ0) is 18.9. The van der Waals surface area contributed by atoms with Gasteiger partial charge in [-0.1, -0.05) is 53.8 Å². The quantitative estimate of drug-likeness (QED) is 0.366. The Morgan fingerprint density at radius 1 is 0.808 bits per heavy atom. The second kappa shape index (κ2) is 10.7. The van der Waals surface area contributed by atoms with Crippen LogP contribution in [0.15, 0.2) is 48.5 Å². The van der Waals surface area contributed by atoms with Gasteiger partial charge in [-0.2, -0.15) is 0 Å². The van der Waals surface area contributed by atoms with Gasteiger partial charge >= 0.3 is 0 Å². The first-order chi connectivity index (χ1) is 12.5. The monoisotopic (exact) mass is 472 g/mol. The van der Waals surface area contributed by atoms with Crippen LogP contribution in [0.4, 0.5) is 0 Å². The average Bonchev–Trinajstić information content (AvgIpc) is 2.70. The fourth-order valence-corrected chi connectivity index (χ4v) is 2.63. The number of benzene rings is 2. The van der Waals surface area contributed by atoms with Crippen LogP contribution in [0.25, 0.3) is 0 Å². The van der Waals surface area contributed by atoms with E-state index in [0.29, 0.717) is 16.8 Å². The Balaban J connectivity index is 1.94. The lowest BCUT2D eigenvalue weighted by atomic mass is 9.93. The summed E-state index contributed by atoms with van der Waals surface area (Å²) in [6, 6.07) is 15.6. The summed E-state index contributed by atoms with van der Waals surface area (Å²) in [5.41, 5.74) is 2.31. The van der Waals surface area contributed by atoms with E-state index in [2.05, 4.69) is 29.5 Å². The molecule has 6 heteroatoms. The number of aliphatic hydroxyl groups is 3. The zero-order valence-electron chi connectivity index (χ0n) is 14.7. The van der Waals surface area contributed by atoms with Crippen molar-refractivity contribution in [3.63, 3.8) is 0 Å². The highest BCUT2D eigenvalue weighted by Crippen LogP contribution is 2.27. The Labute approximate surface area is 167 Å². The van der Waals surface area contributed by atoms with Crippen LogP contribution in [0, 0.1) is 0 Å². The van der Waals surface area contributed by atoms with Crippen molar-refractivity contribution in [2.45, 2.75) is 25.0 Å². The van der Waals surface area contributed by atoms with Crippen LogP contribution >= 0.6 is 22.6 Å². The molecule has 0 fully saturated rings. The molecule has 0 aliphatic heterocycles. The Morgan fingerprint density at radius 2 is 1.23 bits per heavy atom. The lowest BCUT2D eigenvalue weighted by Crippen LogP contribution is -2.21. The normalized spacial score (nSPS) is 14.5. The van der Waals surface area contributed by atoms with Crippen molar-refractivity contribution in [1.82, 2.24) is 0 Å². The molecule has 142 valence electrons. The first kappa shape index (κ1) is 21.0. The van der Waals surface area contributed by atoms with Crippen molar-refractivity contribution in [2.75, 3.05) is 24.2 Å². The number of aliphatic hydroxyl groups excluding tert-OH is 3. The van der Waals surface area contributed by atoms with Crippen LogP contribution in [-0.4, -0.2) is 51.8 Å². The minimum Gasteiger partial charge on any atom is -0.491 e. The van der Waals surface area contributed by atoms with Crippen LogP contribution in [0.2, 0.25) is 0 Å². The van der Waals surface area contributed by atoms with Crippen LogP contribution in [0.1, 0.15) is 24.0 Å². The van der Waals surface area contributed by atoms with Crippen LogP contribution in [0.3, 0.4) is 0 Å². The molecule has 2 aromatic carbocycles. The summed E-state index contributed by atoms with van der Waals surface area (Å²) >= 11 is 2.13. The van der Waals surface area contributed by atoms with E-state index >= 15 is 0 Å². The number of ether oxygens (including phenoxy) is 2. The molecule has 3 unspecified atom stereocenters. The maximum absolute atomic E-state index is 9.55. The maximum Gasteiger partial charge on any atom is 0.119 e. The number of hydrogen-bond acceptors (Lipinski definition) is 5.